The van der Waals surface area contributed by atoms with E-state index in [2.05, 4.69) is 20.4 Å². The van der Waals surface area contributed by atoms with Crippen LogP contribution in [-0.2, 0) is 9.53 Å². The maximum absolute atomic E-state index is 12.0. The van der Waals surface area contributed by atoms with Crippen LogP contribution in [0.5, 0.6) is 0 Å². The van der Waals surface area contributed by atoms with Gasteiger partial charge in [-0.25, -0.2) is 0 Å². The number of unbranched alkanes of at least 4 members (excludes halogenated alkanes) is 12. The van der Waals surface area contributed by atoms with Gasteiger partial charge in [-0.2, -0.15) is 0 Å². The Morgan fingerprint density at radius 1 is 0.800 bits per heavy atom. The van der Waals surface area contributed by atoms with Crippen LogP contribution in [0.3, 0.4) is 0 Å². The molecule has 25 heavy (non-hydrogen) atoms. The van der Waals surface area contributed by atoms with Gasteiger partial charge in [0.1, 0.15) is 6.10 Å². The van der Waals surface area contributed by atoms with Crippen molar-refractivity contribution >= 4 is 5.97 Å². The minimum Gasteiger partial charge on any atom is -0.462 e. The third-order valence-corrected chi connectivity index (χ3v) is 4.84. The van der Waals surface area contributed by atoms with Crippen molar-refractivity contribution < 1.29 is 9.53 Å². The van der Waals surface area contributed by atoms with Crippen molar-refractivity contribution in [1.29, 1.82) is 0 Å². The molecule has 0 saturated carbocycles. The summed E-state index contributed by atoms with van der Waals surface area (Å²) in [5.41, 5.74) is 0. The van der Waals surface area contributed by atoms with Crippen molar-refractivity contribution in [3.05, 3.63) is 12.7 Å². The highest BCUT2D eigenvalue weighted by atomic mass is 16.5. The first-order valence-electron chi connectivity index (χ1n) is 11.0. The van der Waals surface area contributed by atoms with Crippen LogP contribution in [0.25, 0.3) is 0 Å². The van der Waals surface area contributed by atoms with Crippen molar-refractivity contribution in [1.82, 2.24) is 0 Å². The maximum Gasteiger partial charge on any atom is 0.306 e. The molecule has 0 aliphatic carbocycles. The Bertz CT molecular complexity index is 298. The van der Waals surface area contributed by atoms with E-state index in [0.29, 0.717) is 6.42 Å². The van der Waals surface area contributed by atoms with Crippen molar-refractivity contribution in [3.8, 4) is 0 Å². The average Bonchev–Trinajstić information content (AvgIpc) is 2.60. The highest BCUT2D eigenvalue weighted by molar-refractivity contribution is 5.69. The smallest absolute Gasteiger partial charge is 0.306 e. The van der Waals surface area contributed by atoms with E-state index in [9.17, 15) is 4.79 Å². The molecule has 0 radical (unpaired) electrons. The molecule has 0 aromatic heterocycles. The Kier molecular flexibility index (Phi) is 18.9. The van der Waals surface area contributed by atoms with Crippen LogP contribution in [0.4, 0.5) is 0 Å². The summed E-state index contributed by atoms with van der Waals surface area (Å²) in [6.07, 6.45) is 22.1. The summed E-state index contributed by atoms with van der Waals surface area (Å²) in [5, 5.41) is 0. The Hall–Kier alpha value is -0.790. The highest BCUT2D eigenvalue weighted by Crippen LogP contribution is 2.15. The third-order valence-electron chi connectivity index (χ3n) is 4.84. The van der Waals surface area contributed by atoms with Gasteiger partial charge in [0.05, 0.1) is 0 Å². The molecule has 0 aromatic rings. The Labute approximate surface area is 157 Å². The van der Waals surface area contributed by atoms with Gasteiger partial charge in [-0.1, -0.05) is 97.0 Å². The molecule has 0 N–H and O–H groups in total. The van der Waals surface area contributed by atoms with Gasteiger partial charge in [0.2, 0.25) is 0 Å². The number of hydrogen-bond acceptors (Lipinski definition) is 2. The Morgan fingerprint density at radius 2 is 1.28 bits per heavy atom. The van der Waals surface area contributed by atoms with Crippen molar-refractivity contribution in [2.75, 3.05) is 0 Å². The van der Waals surface area contributed by atoms with Gasteiger partial charge in [0.25, 0.3) is 0 Å². The fraction of sp³-hybridized carbons (Fsp3) is 0.870. The number of carbonyl (C=O) groups excluding carboxylic acids is 1. The molecule has 0 aromatic carbocycles. The molecule has 2 heteroatoms. The largest absolute Gasteiger partial charge is 0.462 e. The summed E-state index contributed by atoms with van der Waals surface area (Å²) in [4.78, 5) is 12.0. The monoisotopic (exact) mass is 352 g/mol. The van der Waals surface area contributed by atoms with Crippen LogP contribution < -0.4 is 0 Å². The van der Waals surface area contributed by atoms with Crippen LogP contribution in [0.2, 0.25) is 0 Å². The van der Waals surface area contributed by atoms with E-state index in [-0.39, 0.29) is 12.1 Å². The van der Waals surface area contributed by atoms with Crippen LogP contribution in [-0.4, -0.2) is 12.1 Å². The second-order valence-corrected chi connectivity index (χ2v) is 7.42. The third kappa shape index (κ3) is 17.8. The normalized spacial score (nSPS) is 12.1. The number of rotatable bonds is 19. The molecular weight excluding hydrogens is 308 g/mol. The van der Waals surface area contributed by atoms with Gasteiger partial charge in [-0.3, -0.25) is 4.79 Å². The average molecular weight is 353 g/mol. The number of hydrogen-bond donors (Lipinski definition) is 0. The first-order chi connectivity index (χ1) is 12.2. The van der Waals surface area contributed by atoms with E-state index < -0.39 is 0 Å². The summed E-state index contributed by atoms with van der Waals surface area (Å²) in [6.45, 7) is 8.27. The van der Waals surface area contributed by atoms with Crippen LogP contribution in [0, 0.1) is 0 Å². The minimum absolute atomic E-state index is 0.0121. The molecule has 148 valence electrons. The van der Waals surface area contributed by atoms with E-state index in [1.165, 1.54) is 70.6 Å². The van der Waals surface area contributed by atoms with Gasteiger partial charge >= 0.3 is 5.97 Å². The predicted octanol–water partition coefficient (Wildman–Crippen LogP) is 7.76. The van der Waals surface area contributed by atoms with Gasteiger partial charge in [0.15, 0.2) is 0 Å². The standard InChI is InChI=1S/C23H44O2/c1-4-7-9-11-12-13-14-15-16-18-21-23(24)25-22(19-6-3)20-17-10-8-5-2/h6,22H,3-5,7-21H2,1-2H3. The maximum atomic E-state index is 12.0. The van der Waals surface area contributed by atoms with Crippen molar-refractivity contribution in [3.63, 3.8) is 0 Å². The van der Waals surface area contributed by atoms with Crippen LogP contribution in [0.1, 0.15) is 123 Å². The topological polar surface area (TPSA) is 26.3 Å². The van der Waals surface area contributed by atoms with Gasteiger partial charge in [-0.05, 0) is 19.3 Å². The van der Waals surface area contributed by atoms with Gasteiger partial charge in [-0.15, -0.1) is 6.58 Å². The number of carbonyl (C=O) groups is 1. The Morgan fingerprint density at radius 3 is 1.80 bits per heavy atom. The highest BCUT2D eigenvalue weighted by Gasteiger charge is 2.12. The fourth-order valence-electron chi connectivity index (χ4n) is 3.21. The van der Waals surface area contributed by atoms with E-state index >= 15 is 0 Å². The Balaban J connectivity index is 3.56. The van der Waals surface area contributed by atoms with Crippen molar-refractivity contribution in [2.24, 2.45) is 0 Å². The number of ether oxygens (including phenoxy) is 1. The lowest BCUT2D eigenvalue weighted by molar-refractivity contribution is -0.149. The zero-order valence-corrected chi connectivity index (χ0v) is 17.2. The predicted molar refractivity (Wildman–Crippen MR) is 110 cm³/mol. The van der Waals surface area contributed by atoms with Crippen LogP contribution in [0.15, 0.2) is 12.7 Å². The fourth-order valence-corrected chi connectivity index (χ4v) is 3.21. The second-order valence-electron chi connectivity index (χ2n) is 7.42. The SMILES string of the molecule is C=CCC(CCCCCC)OC(=O)CCCCCCCCCCCC. The zero-order chi connectivity index (χ0) is 18.6. The molecule has 0 heterocycles. The van der Waals surface area contributed by atoms with Gasteiger partial charge in [0, 0.05) is 12.8 Å². The first-order valence-corrected chi connectivity index (χ1v) is 11.0. The lowest BCUT2D eigenvalue weighted by Gasteiger charge is -2.16. The second kappa shape index (κ2) is 19.5. The molecule has 0 spiro atoms. The van der Waals surface area contributed by atoms with Gasteiger partial charge < -0.3 is 4.74 Å². The molecular formula is C23H44O2. The summed E-state index contributed by atoms with van der Waals surface area (Å²) < 4.78 is 5.64. The molecule has 0 saturated heterocycles. The molecule has 0 bridgehead atoms. The number of esters is 1. The van der Waals surface area contributed by atoms with E-state index in [1.54, 1.807) is 0 Å². The molecule has 1 atom stereocenters. The summed E-state index contributed by atoms with van der Waals surface area (Å²) in [6, 6.07) is 0. The lowest BCUT2D eigenvalue weighted by atomic mass is 10.1. The molecule has 0 aliphatic heterocycles. The zero-order valence-electron chi connectivity index (χ0n) is 17.2. The molecule has 0 aliphatic rings. The lowest BCUT2D eigenvalue weighted by Crippen LogP contribution is -2.17. The summed E-state index contributed by atoms with van der Waals surface area (Å²) in [7, 11) is 0. The summed E-state index contributed by atoms with van der Waals surface area (Å²) >= 11 is 0. The molecule has 0 rings (SSSR count). The quantitative estimate of drug-likeness (QED) is 0.135. The van der Waals surface area contributed by atoms with E-state index in [4.69, 9.17) is 4.74 Å². The van der Waals surface area contributed by atoms with Crippen LogP contribution >= 0.6 is 0 Å². The summed E-state index contributed by atoms with van der Waals surface area (Å²) in [5.74, 6) is -0.0121. The molecule has 2 nitrogen and oxygen atoms in total. The molecule has 1 unspecified atom stereocenters. The van der Waals surface area contributed by atoms with E-state index in [1.807, 2.05) is 6.08 Å². The van der Waals surface area contributed by atoms with Crippen molar-refractivity contribution in [2.45, 2.75) is 129 Å². The van der Waals surface area contributed by atoms with E-state index in [0.717, 1.165) is 32.1 Å². The molecule has 0 amide bonds. The minimum atomic E-state index is -0.0121. The molecule has 0 fully saturated rings. The first kappa shape index (κ1) is 24.2.